The van der Waals surface area contributed by atoms with Gasteiger partial charge in [0.1, 0.15) is 11.2 Å². The Hall–Kier alpha value is -1.26. The van der Waals surface area contributed by atoms with Gasteiger partial charge in [0.25, 0.3) is 0 Å². The number of carbonyl (C=O) groups excluding carboxylic acids is 2. The highest BCUT2D eigenvalue weighted by atomic mass is 16.3. The lowest BCUT2D eigenvalue weighted by Crippen LogP contribution is -2.52. The van der Waals surface area contributed by atoms with E-state index in [0.717, 1.165) is 18.4 Å². The average molecular weight is 330 g/mol. The second-order valence-electron chi connectivity index (χ2n) is 9.30. The summed E-state index contributed by atoms with van der Waals surface area (Å²) in [5.41, 5.74) is -1.29. The molecule has 0 bridgehead atoms. The quantitative estimate of drug-likeness (QED) is 0.668. The third-order valence-corrected chi connectivity index (χ3v) is 7.38. The van der Waals surface area contributed by atoms with Crippen LogP contribution in [0.5, 0.6) is 0 Å². The lowest BCUT2D eigenvalue weighted by molar-refractivity contribution is -0.142. The Morgan fingerprint density at radius 2 is 1.67 bits per heavy atom. The van der Waals surface area contributed by atoms with E-state index in [0.29, 0.717) is 17.1 Å². The van der Waals surface area contributed by atoms with E-state index < -0.39 is 11.2 Å². The van der Waals surface area contributed by atoms with Crippen molar-refractivity contribution in [3.8, 4) is 0 Å². The van der Waals surface area contributed by atoms with E-state index in [1.807, 2.05) is 0 Å². The van der Waals surface area contributed by atoms with E-state index in [-0.39, 0.29) is 41.2 Å². The Bertz CT molecular complexity index is 722. The first-order valence-corrected chi connectivity index (χ1v) is 8.87. The highest BCUT2D eigenvalue weighted by Crippen LogP contribution is 2.71. The zero-order valence-electron chi connectivity index (χ0n) is 14.8. The van der Waals surface area contributed by atoms with Gasteiger partial charge in [0, 0.05) is 29.4 Å². The first kappa shape index (κ1) is 16.2. The summed E-state index contributed by atoms with van der Waals surface area (Å²) in [4.78, 5) is 25.8. The van der Waals surface area contributed by atoms with Crippen molar-refractivity contribution in [2.24, 2.45) is 29.1 Å². The molecule has 4 rings (SSSR count). The standard InChI is InChI=1S/C20H26O4/c1-9-6-7-11-14(18(11,2)3)15-12(9)13-10(16(21)20(15,5)24)8-19(4,23)17(13)22/h11-12,14-15,23-24H,1,6-8H2,2-5H3. The third-order valence-electron chi connectivity index (χ3n) is 7.38. The lowest BCUT2D eigenvalue weighted by Gasteiger charge is -2.43. The highest BCUT2D eigenvalue weighted by Gasteiger charge is 2.70. The number of carbonyl (C=O) groups is 2. The summed E-state index contributed by atoms with van der Waals surface area (Å²) < 4.78 is 0. The van der Waals surface area contributed by atoms with E-state index in [1.54, 1.807) is 6.92 Å². The number of hydrogen-bond donors (Lipinski definition) is 2. The molecule has 0 aromatic carbocycles. The van der Waals surface area contributed by atoms with Gasteiger partial charge in [0.05, 0.1) is 0 Å². The predicted octanol–water partition coefficient (Wildman–Crippen LogP) is 2.20. The van der Waals surface area contributed by atoms with Crippen LogP contribution >= 0.6 is 0 Å². The second kappa shape index (κ2) is 4.28. The van der Waals surface area contributed by atoms with Gasteiger partial charge in [-0.2, -0.15) is 0 Å². The van der Waals surface area contributed by atoms with Gasteiger partial charge in [-0.15, -0.1) is 0 Å². The van der Waals surface area contributed by atoms with Crippen LogP contribution in [0.25, 0.3) is 0 Å². The molecule has 6 unspecified atom stereocenters. The number of Topliss-reactive ketones (excluding diaryl/α,β-unsaturated/α-hetero) is 2. The fraction of sp³-hybridized carbons (Fsp3) is 0.700. The summed E-state index contributed by atoms with van der Waals surface area (Å²) >= 11 is 0. The van der Waals surface area contributed by atoms with Crippen molar-refractivity contribution < 1.29 is 19.8 Å². The van der Waals surface area contributed by atoms with E-state index in [1.165, 1.54) is 6.92 Å². The maximum absolute atomic E-state index is 13.0. The molecule has 4 aliphatic rings. The number of rotatable bonds is 0. The van der Waals surface area contributed by atoms with Gasteiger partial charge in [-0.1, -0.05) is 26.0 Å². The molecule has 6 atom stereocenters. The Balaban J connectivity index is 1.93. The first-order chi connectivity index (χ1) is 10.9. The molecule has 0 saturated heterocycles. The minimum atomic E-state index is -1.55. The summed E-state index contributed by atoms with van der Waals surface area (Å²) in [5, 5.41) is 21.6. The van der Waals surface area contributed by atoms with Crippen LogP contribution in [0.4, 0.5) is 0 Å². The maximum Gasteiger partial charge on any atom is 0.191 e. The topological polar surface area (TPSA) is 74.6 Å². The predicted molar refractivity (Wildman–Crippen MR) is 89.0 cm³/mol. The van der Waals surface area contributed by atoms with E-state index >= 15 is 0 Å². The molecule has 2 N–H and O–H groups in total. The van der Waals surface area contributed by atoms with Gasteiger partial charge in [-0.3, -0.25) is 9.59 Å². The molecule has 0 aromatic rings. The number of hydrogen-bond acceptors (Lipinski definition) is 4. The van der Waals surface area contributed by atoms with Crippen molar-refractivity contribution in [2.75, 3.05) is 0 Å². The van der Waals surface area contributed by atoms with Crippen LogP contribution in [-0.4, -0.2) is 33.0 Å². The van der Waals surface area contributed by atoms with Crippen LogP contribution < -0.4 is 0 Å². The number of aliphatic hydroxyl groups is 2. The fourth-order valence-electron chi connectivity index (χ4n) is 6.00. The lowest BCUT2D eigenvalue weighted by atomic mass is 9.62. The normalized spacial score (nSPS) is 49.5. The Morgan fingerprint density at radius 1 is 1.04 bits per heavy atom. The van der Waals surface area contributed by atoms with E-state index in [2.05, 4.69) is 20.4 Å². The van der Waals surface area contributed by atoms with Crippen LogP contribution in [0.3, 0.4) is 0 Å². The SMILES string of the molecule is C=C1CCC2C(C3C1C1=C(CC(C)(O)C1=O)C(=O)C3(C)O)C2(C)C. The molecular formula is C20H26O4. The number of ketones is 2. The number of allylic oxidation sites excluding steroid dienone is 1. The van der Waals surface area contributed by atoms with Crippen LogP contribution in [0.2, 0.25) is 0 Å². The minimum absolute atomic E-state index is 0.00411. The Kier molecular flexibility index (Phi) is 2.89. The molecule has 4 nitrogen and oxygen atoms in total. The van der Waals surface area contributed by atoms with Crippen molar-refractivity contribution in [1.29, 1.82) is 0 Å². The van der Waals surface area contributed by atoms with E-state index in [9.17, 15) is 19.8 Å². The van der Waals surface area contributed by atoms with Gasteiger partial charge in [0.2, 0.25) is 0 Å². The molecule has 0 spiro atoms. The third kappa shape index (κ3) is 1.71. The molecule has 0 aliphatic heterocycles. The van der Waals surface area contributed by atoms with Crippen LogP contribution in [0, 0.1) is 29.1 Å². The Labute approximate surface area is 142 Å². The van der Waals surface area contributed by atoms with Crippen molar-refractivity contribution >= 4 is 11.6 Å². The highest BCUT2D eigenvalue weighted by molar-refractivity contribution is 6.17. The molecule has 0 heterocycles. The van der Waals surface area contributed by atoms with E-state index in [4.69, 9.17) is 0 Å². The molecule has 2 fully saturated rings. The number of fused-ring (bicyclic) bond motifs is 4. The summed E-state index contributed by atoms with van der Waals surface area (Å²) in [6.45, 7) is 11.6. The Morgan fingerprint density at radius 3 is 2.29 bits per heavy atom. The maximum atomic E-state index is 13.0. The van der Waals surface area contributed by atoms with Gasteiger partial charge >= 0.3 is 0 Å². The monoisotopic (exact) mass is 330 g/mol. The van der Waals surface area contributed by atoms with Crippen molar-refractivity contribution in [1.82, 2.24) is 0 Å². The summed E-state index contributed by atoms with van der Waals surface area (Å²) in [7, 11) is 0. The molecule has 0 amide bonds. The molecule has 0 aromatic heterocycles. The summed E-state index contributed by atoms with van der Waals surface area (Å²) in [6, 6.07) is 0. The van der Waals surface area contributed by atoms with Gasteiger partial charge in [-0.05, 0) is 43.9 Å². The molecular weight excluding hydrogens is 304 g/mol. The second-order valence-corrected chi connectivity index (χ2v) is 9.30. The van der Waals surface area contributed by atoms with Crippen molar-refractivity contribution in [3.63, 3.8) is 0 Å². The largest absolute Gasteiger partial charge is 0.382 e. The summed E-state index contributed by atoms with van der Waals surface area (Å²) in [5.74, 6) is -0.714. The van der Waals surface area contributed by atoms with Gasteiger partial charge in [-0.25, -0.2) is 0 Å². The molecule has 4 heteroatoms. The molecule has 0 radical (unpaired) electrons. The molecule has 130 valence electrons. The van der Waals surface area contributed by atoms with Crippen LogP contribution in [0.1, 0.15) is 47.0 Å². The van der Waals surface area contributed by atoms with Gasteiger partial charge in [0.15, 0.2) is 11.6 Å². The molecule has 4 aliphatic carbocycles. The van der Waals surface area contributed by atoms with Crippen molar-refractivity contribution in [3.05, 3.63) is 23.3 Å². The fourth-order valence-corrected chi connectivity index (χ4v) is 6.00. The van der Waals surface area contributed by atoms with Crippen molar-refractivity contribution in [2.45, 2.75) is 58.2 Å². The zero-order valence-corrected chi connectivity index (χ0v) is 14.8. The van der Waals surface area contributed by atoms with Gasteiger partial charge < -0.3 is 10.2 Å². The van der Waals surface area contributed by atoms with Crippen LogP contribution in [0.15, 0.2) is 23.3 Å². The molecule has 2 saturated carbocycles. The van der Waals surface area contributed by atoms with Crippen LogP contribution in [-0.2, 0) is 9.59 Å². The molecule has 24 heavy (non-hydrogen) atoms. The zero-order chi connectivity index (χ0) is 17.8. The minimum Gasteiger partial charge on any atom is -0.382 e. The smallest absolute Gasteiger partial charge is 0.191 e. The average Bonchev–Trinajstić information content (AvgIpc) is 2.97. The first-order valence-electron chi connectivity index (χ1n) is 8.87. The summed E-state index contributed by atoms with van der Waals surface area (Å²) in [6.07, 6.45) is 1.80.